The van der Waals surface area contributed by atoms with Crippen molar-refractivity contribution < 1.29 is 27.5 Å². The van der Waals surface area contributed by atoms with E-state index in [4.69, 9.17) is 17.0 Å². The molecule has 0 aromatic heterocycles. The quantitative estimate of drug-likeness (QED) is 0.227. The molecule has 0 heterocycles. The molecular formula is C35H47NO6S2. The second-order valence-electron chi connectivity index (χ2n) is 14.7. The second-order valence-corrected chi connectivity index (χ2v) is 17.1. The van der Waals surface area contributed by atoms with Crippen LogP contribution in [0.4, 0.5) is 0 Å². The molecule has 4 aliphatic rings. The predicted molar refractivity (Wildman–Crippen MR) is 173 cm³/mol. The molecule has 44 heavy (non-hydrogen) atoms. The van der Waals surface area contributed by atoms with Gasteiger partial charge in [0.25, 0.3) is 10.0 Å². The predicted octanol–water partition coefficient (Wildman–Crippen LogP) is 6.82. The number of benzene rings is 1. The molecule has 1 aromatic rings. The van der Waals surface area contributed by atoms with Gasteiger partial charge in [-0.25, -0.2) is 12.7 Å². The van der Waals surface area contributed by atoms with Crippen molar-refractivity contribution in [2.45, 2.75) is 97.3 Å². The molecule has 0 N–H and O–H groups in total. The van der Waals surface area contributed by atoms with Crippen molar-refractivity contribution in [1.29, 1.82) is 0 Å². The molecule has 0 bridgehead atoms. The molecule has 0 saturated heterocycles. The van der Waals surface area contributed by atoms with Gasteiger partial charge in [0, 0.05) is 50.0 Å². The number of Topliss-reactive ketones (excluding diaryl/α,β-unsaturated/α-hetero) is 3. The molecule has 0 spiro atoms. The number of rotatable bonds is 8. The van der Waals surface area contributed by atoms with Crippen LogP contribution in [0.2, 0.25) is 0 Å². The average molecular weight is 642 g/mol. The number of ketones is 3. The zero-order valence-corrected chi connectivity index (χ0v) is 28.6. The zero-order valence-electron chi connectivity index (χ0n) is 27.0. The van der Waals surface area contributed by atoms with Gasteiger partial charge in [-0.2, -0.15) is 0 Å². The third-order valence-electron chi connectivity index (χ3n) is 12.6. The topological polar surface area (TPSA) is 97.8 Å². The molecule has 240 valence electrons. The van der Waals surface area contributed by atoms with Crippen LogP contribution in [-0.4, -0.2) is 42.2 Å². The van der Waals surface area contributed by atoms with E-state index in [1.807, 2.05) is 6.92 Å². The van der Waals surface area contributed by atoms with Crippen LogP contribution in [0.15, 0.2) is 41.6 Å². The van der Waals surface area contributed by atoms with Gasteiger partial charge in [0.05, 0.1) is 4.90 Å². The van der Waals surface area contributed by atoms with E-state index in [0.29, 0.717) is 38.5 Å². The zero-order chi connectivity index (χ0) is 32.4. The fourth-order valence-electron chi connectivity index (χ4n) is 9.80. The maximum atomic E-state index is 14.2. The minimum absolute atomic E-state index is 0.0137. The number of thiocarbonyl (C=S) groups is 1. The smallest absolute Gasteiger partial charge is 0.266 e. The van der Waals surface area contributed by atoms with Crippen molar-refractivity contribution in [3.63, 3.8) is 0 Å². The van der Waals surface area contributed by atoms with E-state index in [1.54, 1.807) is 24.3 Å². The first-order chi connectivity index (χ1) is 20.5. The molecule has 9 heteroatoms. The number of hydrogen-bond acceptors (Lipinski definition) is 7. The normalized spacial score (nSPS) is 35.7. The number of ether oxygens (including phenoxy) is 1. The standard InChI is InChI=1S/C35H47NO6S2/c1-21-8-11-26(12-9-21)44(40,41)36(7)23(3)42-32(43)15-10-22(2)27-13-14-28-34(27,5)31(39)20-29-33(4)17-16-25(37)18-24(33)19-30(38)35(28,29)6/h8-9,11-12,22,24,27-29H,3,10,13-20H2,1-2,4-7H3/t22-,24?,27-,28-,29-,33+,34-,35+/m1/s1. The van der Waals surface area contributed by atoms with Crippen LogP contribution in [0.5, 0.6) is 0 Å². The van der Waals surface area contributed by atoms with Gasteiger partial charge >= 0.3 is 0 Å². The summed E-state index contributed by atoms with van der Waals surface area (Å²) in [7, 11) is -2.45. The van der Waals surface area contributed by atoms with Crippen molar-refractivity contribution >= 4 is 44.6 Å². The Bertz CT molecular complexity index is 1500. The van der Waals surface area contributed by atoms with Gasteiger partial charge in [0.1, 0.15) is 17.3 Å². The number of fused-ring (bicyclic) bond motifs is 5. The number of hydrogen-bond donors (Lipinski definition) is 0. The SMILES string of the molecule is C=C(OC(=S)CC[C@@H](C)[C@H]1CC[C@@H]2[C@]1(C)C(=O)C[C@H]1[C@@]2(C)C(=O)CC2CC(=O)CC[C@@]21C)N(C)S(=O)(=O)c1ccc(C)cc1. The fourth-order valence-corrected chi connectivity index (χ4v) is 11.1. The number of aryl methyl sites for hydroxylation is 1. The highest BCUT2D eigenvalue weighted by atomic mass is 32.2. The summed E-state index contributed by atoms with van der Waals surface area (Å²) in [6.45, 7) is 14.3. The largest absolute Gasteiger partial charge is 0.434 e. The molecular weight excluding hydrogens is 595 g/mol. The number of nitrogens with zero attached hydrogens (tertiary/aromatic N) is 1. The van der Waals surface area contributed by atoms with Crippen LogP contribution in [0.25, 0.3) is 0 Å². The Balaban J connectivity index is 1.25. The summed E-state index contributed by atoms with van der Waals surface area (Å²) in [5, 5.41) is 0.253. The molecule has 8 atom stereocenters. The van der Waals surface area contributed by atoms with Gasteiger partial charge in [-0.05, 0) is 98.5 Å². The molecule has 5 rings (SSSR count). The fraction of sp³-hybridized carbons (Fsp3) is 0.657. The Morgan fingerprint density at radius 2 is 1.66 bits per heavy atom. The minimum Gasteiger partial charge on any atom is -0.434 e. The molecule has 4 saturated carbocycles. The van der Waals surface area contributed by atoms with E-state index in [0.717, 1.165) is 29.1 Å². The highest BCUT2D eigenvalue weighted by Crippen LogP contribution is 2.71. The van der Waals surface area contributed by atoms with E-state index >= 15 is 0 Å². The number of carbonyl (C=O) groups excluding carboxylic acids is 3. The van der Waals surface area contributed by atoms with Crippen LogP contribution >= 0.6 is 12.2 Å². The molecule has 0 amide bonds. The lowest BCUT2D eigenvalue weighted by Gasteiger charge is -2.63. The second kappa shape index (κ2) is 11.4. The summed E-state index contributed by atoms with van der Waals surface area (Å²) in [6, 6.07) is 6.58. The first-order valence-corrected chi connectivity index (χ1v) is 17.9. The van der Waals surface area contributed by atoms with Gasteiger partial charge in [0.15, 0.2) is 5.05 Å². The summed E-state index contributed by atoms with van der Waals surface area (Å²) >= 11 is 5.51. The molecule has 0 radical (unpaired) electrons. The molecule has 4 aliphatic carbocycles. The summed E-state index contributed by atoms with van der Waals surface area (Å²) < 4.78 is 32.8. The molecule has 7 nitrogen and oxygen atoms in total. The Morgan fingerprint density at radius 1 is 1.02 bits per heavy atom. The summed E-state index contributed by atoms with van der Waals surface area (Å²) in [5.41, 5.74) is -0.364. The lowest BCUT2D eigenvalue weighted by molar-refractivity contribution is -0.185. The molecule has 1 unspecified atom stereocenters. The average Bonchev–Trinajstić information content (AvgIpc) is 3.34. The van der Waals surface area contributed by atoms with Gasteiger partial charge in [-0.15, -0.1) is 0 Å². The third kappa shape index (κ3) is 5.10. The van der Waals surface area contributed by atoms with Gasteiger partial charge in [-0.3, -0.25) is 14.4 Å². The Kier molecular flexibility index (Phi) is 8.58. The summed E-state index contributed by atoms with van der Waals surface area (Å²) in [6.07, 6.45) is 5.45. The van der Waals surface area contributed by atoms with Crippen LogP contribution in [-0.2, 0) is 29.1 Å². The highest BCUT2D eigenvalue weighted by Gasteiger charge is 2.71. The van der Waals surface area contributed by atoms with Crippen LogP contribution in [0.1, 0.15) is 91.0 Å². The first kappa shape index (κ1) is 33.0. The highest BCUT2D eigenvalue weighted by molar-refractivity contribution is 7.89. The van der Waals surface area contributed by atoms with Crippen molar-refractivity contribution in [2.75, 3.05) is 7.05 Å². The monoisotopic (exact) mass is 641 g/mol. The Labute approximate surface area is 268 Å². The van der Waals surface area contributed by atoms with Crippen LogP contribution in [0, 0.1) is 52.8 Å². The lowest BCUT2D eigenvalue weighted by atomic mass is 9.38. The van der Waals surface area contributed by atoms with Gasteiger partial charge in [-0.1, -0.05) is 45.4 Å². The number of carbonyl (C=O) groups is 3. The minimum atomic E-state index is -3.84. The van der Waals surface area contributed by atoms with E-state index in [-0.39, 0.29) is 68.2 Å². The number of sulfonamides is 1. The molecule has 4 fully saturated rings. The first-order valence-electron chi connectivity index (χ1n) is 16.0. The molecule has 1 aromatic carbocycles. The van der Waals surface area contributed by atoms with Gasteiger partial charge in [0.2, 0.25) is 5.88 Å². The Morgan fingerprint density at radius 3 is 2.32 bits per heavy atom. The lowest BCUT2D eigenvalue weighted by Crippen LogP contribution is -2.65. The van der Waals surface area contributed by atoms with Crippen molar-refractivity contribution in [2.24, 2.45) is 45.8 Å². The maximum Gasteiger partial charge on any atom is 0.266 e. The Hall–Kier alpha value is -2.39. The van der Waals surface area contributed by atoms with Crippen molar-refractivity contribution in [3.05, 3.63) is 42.3 Å². The van der Waals surface area contributed by atoms with E-state index in [9.17, 15) is 22.8 Å². The maximum absolute atomic E-state index is 14.2. The van der Waals surface area contributed by atoms with E-state index in [2.05, 4.69) is 34.3 Å². The molecule has 0 aliphatic heterocycles. The van der Waals surface area contributed by atoms with Crippen LogP contribution in [0.3, 0.4) is 0 Å². The summed E-state index contributed by atoms with van der Waals surface area (Å²) in [4.78, 5) is 40.6. The van der Waals surface area contributed by atoms with E-state index in [1.165, 1.54) is 7.05 Å². The third-order valence-corrected chi connectivity index (χ3v) is 14.7. The van der Waals surface area contributed by atoms with Gasteiger partial charge < -0.3 is 4.74 Å². The van der Waals surface area contributed by atoms with E-state index < -0.39 is 20.9 Å². The van der Waals surface area contributed by atoms with Crippen LogP contribution < -0.4 is 0 Å². The summed E-state index contributed by atoms with van der Waals surface area (Å²) in [5.74, 6) is 0.960. The van der Waals surface area contributed by atoms with Crippen molar-refractivity contribution in [3.8, 4) is 0 Å². The van der Waals surface area contributed by atoms with Crippen molar-refractivity contribution in [1.82, 2.24) is 4.31 Å².